The van der Waals surface area contributed by atoms with Crippen LogP contribution >= 0.6 is 11.3 Å². The van der Waals surface area contributed by atoms with E-state index in [9.17, 15) is 14.0 Å². The predicted molar refractivity (Wildman–Crippen MR) is 153 cm³/mol. The summed E-state index contributed by atoms with van der Waals surface area (Å²) >= 11 is 1.47. The number of fused-ring (bicyclic) bond motifs is 1. The van der Waals surface area contributed by atoms with E-state index in [1.807, 2.05) is 25.1 Å². The fourth-order valence-corrected chi connectivity index (χ4v) is 5.62. The second-order valence-electron chi connectivity index (χ2n) is 10.2. The van der Waals surface area contributed by atoms with Crippen LogP contribution in [0, 0.1) is 11.7 Å². The SMILES string of the molecule is CCCN(Cc1ccc(-c2cc3nccc(Oc4ccc(CC(=O)CC5CC5)cc4F)c3s2)nc1)C(=O)COC. The largest absolute Gasteiger partial charge is 0.453 e. The molecule has 9 heteroatoms. The minimum absolute atomic E-state index is 0.0512. The summed E-state index contributed by atoms with van der Waals surface area (Å²) in [5.74, 6) is 0.716. The van der Waals surface area contributed by atoms with Gasteiger partial charge in [-0.3, -0.25) is 19.6 Å². The van der Waals surface area contributed by atoms with Gasteiger partial charge in [-0.1, -0.05) is 19.1 Å². The van der Waals surface area contributed by atoms with Crippen LogP contribution in [0.25, 0.3) is 20.8 Å². The molecule has 5 rings (SSSR count). The number of pyridine rings is 2. The fraction of sp³-hybridized carbons (Fsp3) is 0.355. The van der Waals surface area contributed by atoms with E-state index in [0.717, 1.165) is 45.6 Å². The highest BCUT2D eigenvalue weighted by molar-refractivity contribution is 7.22. The highest BCUT2D eigenvalue weighted by Gasteiger charge is 2.24. The van der Waals surface area contributed by atoms with Gasteiger partial charge in [-0.05, 0) is 60.6 Å². The molecule has 40 heavy (non-hydrogen) atoms. The van der Waals surface area contributed by atoms with Gasteiger partial charge in [-0.15, -0.1) is 11.3 Å². The van der Waals surface area contributed by atoms with Crippen LogP contribution in [0.4, 0.5) is 4.39 Å². The van der Waals surface area contributed by atoms with E-state index < -0.39 is 5.82 Å². The molecule has 0 atom stereocenters. The number of rotatable bonds is 13. The number of thiophene rings is 1. The lowest BCUT2D eigenvalue weighted by Gasteiger charge is -2.21. The summed E-state index contributed by atoms with van der Waals surface area (Å²) in [5.41, 5.74) is 3.09. The van der Waals surface area contributed by atoms with Crippen molar-refractivity contribution in [2.45, 2.75) is 45.6 Å². The Morgan fingerprint density at radius 1 is 1.07 bits per heavy atom. The van der Waals surface area contributed by atoms with Crippen LogP contribution < -0.4 is 4.74 Å². The number of aromatic nitrogens is 2. The molecule has 1 amide bonds. The van der Waals surface area contributed by atoms with Gasteiger partial charge in [-0.25, -0.2) is 4.39 Å². The molecule has 1 fully saturated rings. The second-order valence-corrected chi connectivity index (χ2v) is 11.2. The minimum Gasteiger partial charge on any atom is -0.453 e. The summed E-state index contributed by atoms with van der Waals surface area (Å²) in [6, 6.07) is 12.2. The highest BCUT2D eigenvalue weighted by Crippen LogP contribution is 2.39. The third-order valence-corrected chi connectivity index (χ3v) is 7.93. The predicted octanol–water partition coefficient (Wildman–Crippen LogP) is 6.59. The monoisotopic (exact) mass is 561 g/mol. The second kappa shape index (κ2) is 12.7. The molecule has 1 saturated carbocycles. The lowest BCUT2D eigenvalue weighted by molar-refractivity contribution is -0.135. The Balaban J connectivity index is 1.30. The van der Waals surface area contributed by atoms with Crippen LogP contribution in [0.5, 0.6) is 11.5 Å². The number of halogens is 1. The Morgan fingerprint density at radius 2 is 1.90 bits per heavy atom. The number of carbonyl (C=O) groups excluding carboxylic acids is 2. The lowest BCUT2D eigenvalue weighted by Crippen LogP contribution is -2.34. The van der Waals surface area contributed by atoms with Crippen molar-refractivity contribution in [3.63, 3.8) is 0 Å². The Labute approximate surface area is 237 Å². The van der Waals surface area contributed by atoms with Crippen LogP contribution in [0.3, 0.4) is 0 Å². The molecule has 0 aliphatic heterocycles. The number of carbonyl (C=O) groups is 2. The lowest BCUT2D eigenvalue weighted by atomic mass is 10.0. The van der Waals surface area contributed by atoms with Gasteiger partial charge < -0.3 is 14.4 Å². The maximum atomic E-state index is 14.9. The molecule has 0 bridgehead atoms. The summed E-state index contributed by atoms with van der Waals surface area (Å²) in [6.07, 6.45) is 7.33. The van der Waals surface area contributed by atoms with E-state index in [1.165, 1.54) is 24.5 Å². The first-order chi connectivity index (χ1) is 19.4. The zero-order chi connectivity index (χ0) is 28.1. The van der Waals surface area contributed by atoms with Gasteiger partial charge in [0.1, 0.15) is 18.1 Å². The molecule has 0 unspecified atom stereocenters. The third-order valence-electron chi connectivity index (χ3n) is 6.77. The number of nitrogens with zero attached hydrogens (tertiary/aromatic N) is 3. The molecule has 3 heterocycles. The fourth-order valence-electron chi connectivity index (χ4n) is 4.58. The number of amides is 1. The summed E-state index contributed by atoms with van der Waals surface area (Å²) in [5, 5.41) is 0. The van der Waals surface area contributed by atoms with E-state index in [4.69, 9.17) is 9.47 Å². The molecule has 3 aromatic heterocycles. The standard InChI is InChI=1S/C31H32FN3O4S/c1-3-12-35(30(37)19-38-2)18-22-6-8-25(34-17-22)29-16-26-31(40-29)28(10-11-33-26)39-27-9-7-21(15-24(27)32)14-23(36)13-20-4-5-20/h6-11,15-17,20H,3-5,12-14,18-19H2,1-2H3. The molecule has 4 aromatic rings. The van der Waals surface area contributed by atoms with Crippen molar-refractivity contribution in [1.82, 2.24) is 14.9 Å². The summed E-state index contributed by atoms with van der Waals surface area (Å²) in [6.45, 7) is 3.20. The van der Waals surface area contributed by atoms with E-state index in [-0.39, 0.29) is 30.5 Å². The Hall–Kier alpha value is -3.69. The molecule has 0 spiro atoms. The van der Waals surface area contributed by atoms with Gasteiger partial charge in [0.25, 0.3) is 0 Å². The summed E-state index contributed by atoms with van der Waals surface area (Å²) in [7, 11) is 1.52. The summed E-state index contributed by atoms with van der Waals surface area (Å²) in [4.78, 5) is 36.3. The first-order valence-corrected chi connectivity index (χ1v) is 14.3. The number of benzene rings is 1. The van der Waals surface area contributed by atoms with E-state index >= 15 is 0 Å². The maximum Gasteiger partial charge on any atom is 0.248 e. The number of hydrogen-bond acceptors (Lipinski definition) is 7. The minimum atomic E-state index is -0.503. The van der Waals surface area contributed by atoms with E-state index in [1.54, 1.807) is 35.5 Å². The van der Waals surface area contributed by atoms with Crippen molar-refractivity contribution in [2.75, 3.05) is 20.3 Å². The number of hydrogen-bond donors (Lipinski definition) is 0. The van der Waals surface area contributed by atoms with Crippen LogP contribution in [0.2, 0.25) is 0 Å². The third kappa shape index (κ3) is 6.89. The molecule has 1 aliphatic rings. The smallest absolute Gasteiger partial charge is 0.248 e. The van der Waals surface area contributed by atoms with Crippen molar-refractivity contribution in [2.24, 2.45) is 5.92 Å². The van der Waals surface area contributed by atoms with Crippen LogP contribution in [0.1, 0.15) is 43.7 Å². The van der Waals surface area contributed by atoms with Gasteiger partial charge in [0.05, 0.1) is 20.8 Å². The van der Waals surface area contributed by atoms with Crippen molar-refractivity contribution in [1.29, 1.82) is 0 Å². The first kappa shape index (κ1) is 27.9. The molecule has 0 N–H and O–H groups in total. The molecule has 0 radical (unpaired) electrons. The van der Waals surface area contributed by atoms with Crippen molar-refractivity contribution in [3.8, 4) is 22.1 Å². The molecule has 0 saturated heterocycles. The number of ether oxygens (including phenoxy) is 2. The Kier molecular flexibility index (Phi) is 8.81. The van der Waals surface area contributed by atoms with Crippen molar-refractivity contribution < 1.29 is 23.5 Å². The van der Waals surface area contributed by atoms with Gasteiger partial charge in [0.15, 0.2) is 11.6 Å². The van der Waals surface area contributed by atoms with Crippen molar-refractivity contribution in [3.05, 3.63) is 71.8 Å². The Bertz CT molecular complexity index is 1500. The van der Waals surface area contributed by atoms with Gasteiger partial charge >= 0.3 is 0 Å². The first-order valence-electron chi connectivity index (χ1n) is 13.5. The summed E-state index contributed by atoms with van der Waals surface area (Å²) < 4.78 is 26.7. The molecule has 1 aliphatic carbocycles. The maximum absolute atomic E-state index is 14.9. The molecular formula is C31H32FN3O4S. The zero-order valence-corrected chi connectivity index (χ0v) is 23.5. The molecular weight excluding hydrogens is 529 g/mol. The average Bonchev–Trinajstić information content (AvgIpc) is 3.64. The molecule has 208 valence electrons. The van der Waals surface area contributed by atoms with Crippen LogP contribution in [0.15, 0.2) is 54.9 Å². The zero-order valence-electron chi connectivity index (χ0n) is 22.7. The van der Waals surface area contributed by atoms with Gasteiger partial charge in [0, 0.05) is 51.5 Å². The van der Waals surface area contributed by atoms with Gasteiger partial charge in [-0.2, -0.15) is 0 Å². The van der Waals surface area contributed by atoms with Crippen LogP contribution in [-0.4, -0.2) is 46.8 Å². The topological polar surface area (TPSA) is 81.6 Å². The number of ketones is 1. The average molecular weight is 562 g/mol. The van der Waals surface area contributed by atoms with E-state index in [0.29, 0.717) is 36.7 Å². The quantitative estimate of drug-likeness (QED) is 0.183. The normalized spacial score (nSPS) is 13.0. The van der Waals surface area contributed by atoms with Crippen LogP contribution in [-0.2, 0) is 27.3 Å². The Morgan fingerprint density at radius 3 is 2.60 bits per heavy atom. The molecule has 1 aromatic carbocycles. The number of Topliss-reactive ketones (excluding diaryl/α,β-unsaturated/α-hetero) is 1. The number of methoxy groups -OCH3 is 1. The molecule has 7 nitrogen and oxygen atoms in total. The van der Waals surface area contributed by atoms with Crippen molar-refractivity contribution >= 4 is 33.2 Å². The van der Waals surface area contributed by atoms with Gasteiger partial charge in [0.2, 0.25) is 5.91 Å². The highest BCUT2D eigenvalue weighted by atomic mass is 32.1. The van der Waals surface area contributed by atoms with E-state index in [2.05, 4.69) is 9.97 Å².